The Morgan fingerprint density at radius 3 is 2.92 bits per heavy atom. The number of anilines is 2. The summed E-state index contributed by atoms with van der Waals surface area (Å²) in [5.41, 5.74) is 0.844. The minimum atomic E-state index is -0.562. The first kappa shape index (κ1) is 17.0. The summed E-state index contributed by atoms with van der Waals surface area (Å²) < 4.78 is 19.7. The van der Waals surface area contributed by atoms with Gasteiger partial charge in [0.25, 0.3) is 0 Å². The number of hydrogen-bond donors (Lipinski definition) is 1. The van der Waals surface area contributed by atoms with E-state index in [1.165, 1.54) is 17.9 Å². The molecule has 2 aliphatic heterocycles. The monoisotopic (exact) mass is 346 g/mol. The van der Waals surface area contributed by atoms with Crippen LogP contribution in [-0.4, -0.2) is 44.3 Å². The standard InChI is InChI=1S/C17H19FN4O3/c1-11(23)20-8-14-10-22(17(24)25-14)13-2-3-16(15(18)6-13)21-5-4-12(7-19)9-21/h2-3,6,12,14H,4-5,8-10H2,1H3,(H,20,23)/t12-,14-/m0/s1. The highest BCUT2D eigenvalue weighted by atomic mass is 19.1. The minimum Gasteiger partial charge on any atom is -0.442 e. The number of nitrogens with zero attached hydrogens (tertiary/aromatic N) is 3. The Morgan fingerprint density at radius 1 is 1.48 bits per heavy atom. The molecule has 0 radical (unpaired) electrons. The summed E-state index contributed by atoms with van der Waals surface area (Å²) in [6.45, 7) is 3.01. The van der Waals surface area contributed by atoms with Gasteiger partial charge in [0.1, 0.15) is 11.9 Å². The first-order chi connectivity index (χ1) is 12.0. The van der Waals surface area contributed by atoms with Crippen molar-refractivity contribution in [3.05, 3.63) is 24.0 Å². The lowest BCUT2D eigenvalue weighted by Gasteiger charge is -2.20. The SMILES string of the molecule is CC(=O)NC[C@H]1CN(c2ccc(N3CC[C@@H](C#N)C3)c(F)c2)C(=O)O1. The van der Waals surface area contributed by atoms with Gasteiger partial charge in [-0.25, -0.2) is 9.18 Å². The van der Waals surface area contributed by atoms with Crippen LogP contribution in [0.3, 0.4) is 0 Å². The molecule has 0 unspecified atom stereocenters. The largest absolute Gasteiger partial charge is 0.442 e. The summed E-state index contributed by atoms with van der Waals surface area (Å²) in [4.78, 5) is 26.1. The van der Waals surface area contributed by atoms with E-state index in [-0.39, 0.29) is 24.9 Å². The molecule has 2 aliphatic rings. The molecule has 8 heteroatoms. The van der Waals surface area contributed by atoms with Crippen LogP contribution in [0, 0.1) is 23.1 Å². The predicted octanol–water partition coefficient (Wildman–Crippen LogP) is 1.64. The second kappa shape index (κ2) is 6.97. The van der Waals surface area contributed by atoms with Crippen LogP contribution in [-0.2, 0) is 9.53 Å². The van der Waals surface area contributed by atoms with Crippen LogP contribution in [0.5, 0.6) is 0 Å². The van der Waals surface area contributed by atoms with Crippen LogP contribution in [0.1, 0.15) is 13.3 Å². The molecule has 0 aromatic heterocycles. The molecule has 1 N–H and O–H groups in total. The topological polar surface area (TPSA) is 85.7 Å². The van der Waals surface area contributed by atoms with E-state index in [1.54, 1.807) is 12.1 Å². The number of rotatable bonds is 4. The highest BCUT2D eigenvalue weighted by molar-refractivity contribution is 5.90. The summed E-state index contributed by atoms with van der Waals surface area (Å²) in [5.74, 6) is -0.720. The molecule has 7 nitrogen and oxygen atoms in total. The highest BCUT2D eigenvalue weighted by Gasteiger charge is 2.33. The third-order valence-corrected chi connectivity index (χ3v) is 4.41. The lowest BCUT2D eigenvalue weighted by Crippen LogP contribution is -2.33. The van der Waals surface area contributed by atoms with Crippen molar-refractivity contribution >= 4 is 23.4 Å². The zero-order chi connectivity index (χ0) is 18.0. The van der Waals surface area contributed by atoms with Crippen molar-refractivity contribution in [1.29, 1.82) is 5.26 Å². The van der Waals surface area contributed by atoms with Gasteiger partial charge in [-0.15, -0.1) is 0 Å². The molecule has 132 valence electrons. The van der Waals surface area contributed by atoms with Gasteiger partial charge in [0, 0.05) is 20.0 Å². The Labute approximate surface area is 144 Å². The fourth-order valence-corrected chi connectivity index (χ4v) is 3.10. The molecule has 2 saturated heterocycles. The maximum Gasteiger partial charge on any atom is 0.414 e. The number of halogens is 1. The maximum atomic E-state index is 14.5. The molecule has 2 atom stereocenters. The summed E-state index contributed by atoms with van der Waals surface area (Å²) in [6.07, 6.45) is -0.302. The van der Waals surface area contributed by atoms with E-state index < -0.39 is 18.0 Å². The smallest absolute Gasteiger partial charge is 0.414 e. The average molecular weight is 346 g/mol. The quantitative estimate of drug-likeness (QED) is 0.896. The summed E-state index contributed by atoms with van der Waals surface area (Å²) in [5, 5.41) is 11.6. The van der Waals surface area contributed by atoms with Gasteiger partial charge >= 0.3 is 6.09 Å². The van der Waals surface area contributed by atoms with Gasteiger partial charge in [-0.05, 0) is 24.6 Å². The molecular formula is C17H19FN4O3. The average Bonchev–Trinajstić information content (AvgIpc) is 3.19. The summed E-state index contributed by atoms with van der Waals surface area (Å²) >= 11 is 0. The number of benzene rings is 1. The molecule has 2 amide bonds. The number of cyclic esters (lactones) is 1. The van der Waals surface area contributed by atoms with Crippen LogP contribution in [0.15, 0.2) is 18.2 Å². The van der Waals surface area contributed by atoms with E-state index in [0.29, 0.717) is 24.5 Å². The molecule has 1 aromatic carbocycles. The van der Waals surface area contributed by atoms with E-state index in [4.69, 9.17) is 10.00 Å². The van der Waals surface area contributed by atoms with Crippen molar-refractivity contribution in [2.75, 3.05) is 36.0 Å². The third kappa shape index (κ3) is 3.65. The Hall–Kier alpha value is -2.82. The molecule has 0 bridgehead atoms. The van der Waals surface area contributed by atoms with Crippen molar-refractivity contribution in [3.63, 3.8) is 0 Å². The van der Waals surface area contributed by atoms with Crippen molar-refractivity contribution in [2.45, 2.75) is 19.4 Å². The van der Waals surface area contributed by atoms with Crippen LogP contribution >= 0.6 is 0 Å². The number of ether oxygens (including phenoxy) is 1. The summed E-state index contributed by atoms with van der Waals surface area (Å²) in [7, 11) is 0. The number of carbonyl (C=O) groups is 2. The Kier molecular flexibility index (Phi) is 4.74. The van der Waals surface area contributed by atoms with Crippen molar-refractivity contribution in [3.8, 4) is 6.07 Å². The van der Waals surface area contributed by atoms with E-state index in [9.17, 15) is 14.0 Å². The van der Waals surface area contributed by atoms with Crippen molar-refractivity contribution in [2.24, 2.45) is 5.92 Å². The van der Waals surface area contributed by atoms with Gasteiger partial charge in [-0.2, -0.15) is 5.26 Å². The molecule has 0 spiro atoms. The molecule has 2 heterocycles. The predicted molar refractivity (Wildman–Crippen MR) is 88.6 cm³/mol. The Bertz CT molecular complexity index is 733. The van der Waals surface area contributed by atoms with Gasteiger partial charge in [-0.3, -0.25) is 9.69 Å². The number of amides is 2. The molecule has 3 rings (SSSR count). The number of hydrogen-bond acceptors (Lipinski definition) is 5. The van der Waals surface area contributed by atoms with Crippen molar-refractivity contribution < 1.29 is 18.7 Å². The second-order valence-electron chi connectivity index (χ2n) is 6.25. The van der Waals surface area contributed by atoms with Crippen LogP contribution in [0.25, 0.3) is 0 Å². The lowest BCUT2D eigenvalue weighted by molar-refractivity contribution is -0.119. The fraction of sp³-hybridized carbons (Fsp3) is 0.471. The number of nitriles is 1. The van der Waals surface area contributed by atoms with E-state index >= 15 is 0 Å². The van der Waals surface area contributed by atoms with Crippen LogP contribution < -0.4 is 15.1 Å². The zero-order valence-corrected chi connectivity index (χ0v) is 13.9. The molecule has 25 heavy (non-hydrogen) atoms. The zero-order valence-electron chi connectivity index (χ0n) is 13.9. The van der Waals surface area contributed by atoms with Crippen LogP contribution in [0.4, 0.5) is 20.6 Å². The molecule has 0 saturated carbocycles. The lowest BCUT2D eigenvalue weighted by atomic mass is 10.1. The van der Waals surface area contributed by atoms with Gasteiger partial charge < -0.3 is 15.0 Å². The van der Waals surface area contributed by atoms with E-state index in [2.05, 4.69) is 11.4 Å². The number of nitrogens with one attached hydrogen (secondary N) is 1. The Morgan fingerprint density at radius 2 is 2.28 bits per heavy atom. The van der Waals surface area contributed by atoms with Gasteiger partial charge in [0.15, 0.2) is 0 Å². The van der Waals surface area contributed by atoms with E-state index in [1.807, 2.05) is 4.90 Å². The first-order valence-corrected chi connectivity index (χ1v) is 8.14. The summed E-state index contributed by atoms with van der Waals surface area (Å²) in [6, 6.07) is 6.80. The molecule has 1 aromatic rings. The van der Waals surface area contributed by atoms with Crippen molar-refractivity contribution in [1.82, 2.24) is 5.32 Å². The fourth-order valence-electron chi connectivity index (χ4n) is 3.10. The minimum absolute atomic E-state index is 0.0813. The molecular weight excluding hydrogens is 327 g/mol. The van der Waals surface area contributed by atoms with Gasteiger partial charge in [0.05, 0.1) is 36.5 Å². The highest BCUT2D eigenvalue weighted by Crippen LogP contribution is 2.30. The van der Waals surface area contributed by atoms with Gasteiger partial charge in [0.2, 0.25) is 5.91 Å². The normalized spacial score (nSPS) is 22.7. The van der Waals surface area contributed by atoms with Crippen LogP contribution in [0.2, 0.25) is 0 Å². The Balaban J connectivity index is 1.69. The second-order valence-corrected chi connectivity index (χ2v) is 6.25. The van der Waals surface area contributed by atoms with E-state index in [0.717, 1.165) is 6.42 Å². The van der Waals surface area contributed by atoms with Gasteiger partial charge in [-0.1, -0.05) is 0 Å². The maximum absolute atomic E-state index is 14.5. The molecule has 2 fully saturated rings. The molecule has 0 aliphatic carbocycles. The number of carbonyl (C=O) groups excluding carboxylic acids is 2. The third-order valence-electron chi connectivity index (χ3n) is 4.41. The first-order valence-electron chi connectivity index (χ1n) is 8.14.